The van der Waals surface area contributed by atoms with Crippen molar-refractivity contribution in [1.82, 2.24) is 29.9 Å². The Balaban J connectivity index is 1.56. The Morgan fingerprint density at radius 2 is 2.15 bits per heavy atom. The van der Waals surface area contributed by atoms with Gasteiger partial charge in [0.05, 0.1) is 19.4 Å². The van der Waals surface area contributed by atoms with Crippen LogP contribution < -0.4 is 25.7 Å². The highest BCUT2D eigenvalue weighted by Gasteiger charge is 2.20. The monoisotopic (exact) mass is 486 g/mol. The number of aromatic nitrogens is 6. The van der Waals surface area contributed by atoms with E-state index < -0.39 is 11.5 Å². The second-order valence-electron chi connectivity index (χ2n) is 6.49. The Hall–Kier alpha value is -4.37. The van der Waals surface area contributed by atoms with Crippen molar-refractivity contribution in [3.8, 4) is 16.8 Å². The zero-order valence-corrected chi connectivity index (χ0v) is 18.7. The number of hydrogen-bond donors (Lipinski definition) is 3. The van der Waals surface area contributed by atoms with Crippen LogP contribution in [-0.4, -0.2) is 61.3 Å². The molecule has 0 aliphatic carbocycles. The molecule has 0 saturated carbocycles. The zero-order chi connectivity index (χ0) is 24.1. The number of carbonyl (C=O) groups excluding carboxylic acids is 1. The molecule has 4 heterocycles. The van der Waals surface area contributed by atoms with Crippen molar-refractivity contribution in [1.29, 1.82) is 0 Å². The number of aryl methyl sites for hydroxylation is 1. The van der Waals surface area contributed by atoms with Gasteiger partial charge in [-0.1, -0.05) is 11.3 Å². The molecule has 3 N–H and O–H groups in total. The van der Waals surface area contributed by atoms with Gasteiger partial charge in [-0.05, 0) is 13.0 Å². The summed E-state index contributed by atoms with van der Waals surface area (Å²) in [7, 11) is 1.28. The second-order valence-corrected chi connectivity index (χ2v) is 7.44. The van der Waals surface area contributed by atoms with E-state index in [1.165, 1.54) is 25.4 Å². The highest BCUT2D eigenvalue weighted by molar-refractivity contribution is 7.17. The Bertz CT molecular complexity index is 1370. The van der Waals surface area contributed by atoms with Crippen LogP contribution in [0.1, 0.15) is 16.2 Å². The van der Waals surface area contributed by atoms with E-state index in [2.05, 4.69) is 35.9 Å². The van der Waals surface area contributed by atoms with Gasteiger partial charge in [-0.2, -0.15) is 10.1 Å². The van der Waals surface area contributed by atoms with Crippen molar-refractivity contribution in [2.75, 3.05) is 31.0 Å². The fourth-order valence-electron chi connectivity index (χ4n) is 2.71. The van der Waals surface area contributed by atoms with Crippen molar-refractivity contribution < 1.29 is 23.8 Å². The number of amides is 1. The number of anilines is 3. The van der Waals surface area contributed by atoms with Crippen molar-refractivity contribution >= 4 is 34.0 Å². The molecule has 1 amide bonds. The lowest BCUT2D eigenvalue weighted by Crippen LogP contribution is -2.17. The number of aliphatic hydroxyl groups is 1. The molecule has 0 aliphatic heterocycles. The van der Waals surface area contributed by atoms with Gasteiger partial charge < -0.3 is 24.3 Å². The van der Waals surface area contributed by atoms with Gasteiger partial charge in [-0.3, -0.25) is 10.1 Å². The molecule has 0 radical (unpaired) electrons. The Morgan fingerprint density at radius 1 is 1.29 bits per heavy atom. The molecule has 0 bridgehead atoms. The van der Waals surface area contributed by atoms with Crippen molar-refractivity contribution in [3.05, 3.63) is 52.5 Å². The summed E-state index contributed by atoms with van der Waals surface area (Å²) in [6, 6.07) is 4.56. The lowest BCUT2D eigenvalue weighted by molar-refractivity contribution is 0.0991. The van der Waals surface area contributed by atoms with Gasteiger partial charge in [-0.15, -0.1) is 10.2 Å². The van der Waals surface area contributed by atoms with Gasteiger partial charge in [-0.25, -0.2) is 14.5 Å². The molecular weight excluding hydrogens is 468 g/mol. The fourth-order valence-corrected chi connectivity index (χ4v) is 3.47. The Labute approximate surface area is 195 Å². The molecule has 0 spiro atoms. The summed E-state index contributed by atoms with van der Waals surface area (Å²) in [6.07, 6.45) is 3.04. The first-order valence-electron chi connectivity index (χ1n) is 9.70. The van der Waals surface area contributed by atoms with Gasteiger partial charge in [0, 0.05) is 30.2 Å². The van der Waals surface area contributed by atoms with Crippen molar-refractivity contribution in [3.63, 3.8) is 0 Å². The standard InChI is InChI=1S/C19H18N8O6S/c1-10-3-6-21-27(10)19-26-25-18(34-19)24-15(29)12-9-11(14(31-2)16(30)33-12)22-17-20-5-4-13(23-17)32-8-7-28/h3-6,9,28H,7-8H2,1-2H3,(H,20,22,23)(H,24,25,29). The zero-order valence-electron chi connectivity index (χ0n) is 17.9. The summed E-state index contributed by atoms with van der Waals surface area (Å²) in [4.78, 5) is 33.3. The Kier molecular flexibility index (Phi) is 6.74. The van der Waals surface area contributed by atoms with Gasteiger partial charge in [0.25, 0.3) is 5.91 Å². The molecule has 4 rings (SSSR count). The average Bonchev–Trinajstić information content (AvgIpc) is 3.46. The molecule has 4 aromatic heterocycles. The van der Waals surface area contributed by atoms with E-state index in [9.17, 15) is 9.59 Å². The maximum absolute atomic E-state index is 12.7. The summed E-state index contributed by atoms with van der Waals surface area (Å²) in [5.41, 5.74) is 0.0442. The summed E-state index contributed by atoms with van der Waals surface area (Å²) < 4.78 is 17.0. The van der Waals surface area contributed by atoms with E-state index in [0.717, 1.165) is 17.0 Å². The summed E-state index contributed by atoms with van der Waals surface area (Å²) in [5, 5.41) is 26.9. The summed E-state index contributed by atoms with van der Waals surface area (Å²) in [6.45, 7) is 1.72. The summed E-state index contributed by atoms with van der Waals surface area (Å²) in [5.74, 6) is -0.967. The smallest absolute Gasteiger partial charge is 0.381 e. The highest BCUT2D eigenvalue weighted by Crippen LogP contribution is 2.26. The predicted molar refractivity (Wildman–Crippen MR) is 119 cm³/mol. The first-order valence-corrected chi connectivity index (χ1v) is 10.5. The number of hydrogen-bond acceptors (Lipinski definition) is 13. The first kappa shape index (κ1) is 22.8. The van der Waals surface area contributed by atoms with Crippen LogP contribution in [0, 0.1) is 6.92 Å². The molecule has 0 unspecified atom stereocenters. The van der Waals surface area contributed by atoms with Crippen LogP contribution in [0.3, 0.4) is 0 Å². The quantitative estimate of drug-likeness (QED) is 0.308. The van der Waals surface area contributed by atoms with Gasteiger partial charge >= 0.3 is 5.63 Å². The Morgan fingerprint density at radius 3 is 2.88 bits per heavy atom. The van der Waals surface area contributed by atoms with Crippen molar-refractivity contribution in [2.24, 2.45) is 0 Å². The highest BCUT2D eigenvalue weighted by atomic mass is 32.1. The molecule has 34 heavy (non-hydrogen) atoms. The van der Waals surface area contributed by atoms with Crippen LogP contribution in [0.5, 0.6) is 11.6 Å². The second kappa shape index (κ2) is 10.1. The third-order valence-corrected chi connectivity index (χ3v) is 5.02. The van der Waals surface area contributed by atoms with E-state index in [1.54, 1.807) is 16.9 Å². The van der Waals surface area contributed by atoms with E-state index >= 15 is 0 Å². The van der Waals surface area contributed by atoms with Crippen LogP contribution in [0.15, 0.2) is 39.8 Å². The number of methoxy groups -OCH3 is 1. The SMILES string of the molecule is COc1c(Nc2nccc(OCCO)n2)cc(C(=O)Nc2nnc(-n3nccc3C)s2)oc1=O. The number of rotatable bonds is 9. The molecule has 14 nitrogen and oxygen atoms in total. The minimum atomic E-state index is -0.893. The largest absolute Gasteiger partial charge is 0.488 e. The minimum Gasteiger partial charge on any atom is -0.488 e. The topological polar surface area (TPSA) is 179 Å². The molecule has 0 saturated heterocycles. The fraction of sp³-hybridized carbons (Fsp3) is 0.211. The van der Waals surface area contributed by atoms with Crippen LogP contribution in [-0.2, 0) is 0 Å². The predicted octanol–water partition coefficient (Wildman–Crippen LogP) is 1.15. The molecule has 15 heteroatoms. The molecule has 0 aliphatic rings. The number of nitrogens with one attached hydrogen (secondary N) is 2. The number of aliphatic hydroxyl groups excluding tert-OH is 1. The minimum absolute atomic E-state index is 0.0479. The van der Waals surface area contributed by atoms with Crippen LogP contribution >= 0.6 is 11.3 Å². The maximum Gasteiger partial charge on any atom is 0.381 e. The van der Waals surface area contributed by atoms with Crippen LogP contribution in [0.2, 0.25) is 0 Å². The number of carbonyl (C=O) groups is 1. The lowest BCUT2D eigenvalue weighted by atomic mass is 10.3. The molecule has 0 atom stereocenters. The maximum atomic E-state index is 12.7. The third-order valence-electron chi connectivity index (χ3n) is 4.20. The molecule has 4 aromatic rings. The molecular formula is C19H18N8O6S. The first-order chi connectivity index (χ1) is 16.5. The number of ether oxygens (including phenoxy) is 2. The van der Waals surface area contributed by atoms with Gasteiger partial charge in [0.2, 0.25) is 27.8 Å². The van der Waals surface area contributed by atoms with E-state index in [-0.39, 0.29) is 47.4 Å². The van der Waals surface area contributed by atoms with Crippen LogP contribution in [0.25, 0.3) is 5.13 Å². The normalized spacial score (nSPS) is 10.7. The van der Waals surface area contributed by atoms with E-state index in [0.29, 0.717) is 5.13 Å². The van der Waals surface area contributed by atoms with Gasteiger partial charge in [0.1, 0.15) is 6.61 Å². The third kappa shape index (κ3) is 5.00. The van der Waals surface area contributed by atoms with Crippen molar-refractivity contribution in [2.45, 2.75) is 6.92 Å². The van der Waals surface area contributed by atoms with Crippen LogP contribution in [0.4, 0.5) is 16.8 Å². The average molecular weight is 486 g/mol. The molecule has 0 aromatic carbocycles. The molecule has 0 fully saturated rings. The molecule has 176 valence electrons. The van der Waals surface area contributed by atoms with E-state index in [4.69, 9.17) is 19.0 Å². The number of nitrogens with zero attached hydrogens (tertiary/aromatic N) is 6. The van der Waals surface area contributed by atoms with E-state index in [1.807, 2.05) is 6.92 Å². The van der Waals surface area contributed by atoms with Gasteiger partial charge in [0.15, 0.2) is 5.76 Å². The summed E-state index contributed by atoms with van der Waals surface area (Å²) >= 11 is 1.09. The lowest BCUT2D eigenvalue weighted by Gasteiger charge is -2.11.